The minimum absolute atomic E-state index is 0.00331. The van der Waals surface area contributed by atoms with E-state index in [0.29, 0.717) is 80.6 Å². The number of aliphatic imine (C=N–C) groups is 1. The molecule has 6 aliphatic heterocycles. The van der Waals surface area contributed by atoms with Gasteiger partial charge in [-0.3, -0.25) is 20.1 Å². The molecule has 17 unspecified atom stereocenters. The van der Waals surface area contributed by atoms with Crippen LogP contribution in [0.1, 0.15) is 167 Å². The number of dihydropyridines is 1. The maximum atomic E-state index is 14.1. The summed E-state index contributed by atoms with van der Waals surface area (Å²) in [5.74, 6) is 15.4. The summed E-state index contributed by atoms with van der Waals surface area (Å²) in [6, 6.07) is 21.9. The average molecular weight is 1350 g/mol. The number of phenols is 3. The second-order valence-electron chi connectivity index (χ2n) is 31.4. The predicted octanol–water partition coefficient (Wildman–Crippen LogP) is 10.5. The molecule has 17 atom stereocenters. The average Bonchev–Trinajstić information content (AvgIpc) is 1.51. The number of carbonyl (C=O) groups is 1. The number of aromatic nitrogens is 3. The van der Waals surface area contributed by atoms with Crippen molar-refractivity contribution in [2.45, 2.75) is 189 Å². The topological polar surface area (TPSA) is 267 Å². The van der Waals surface area contributed by atoms with Crippen molar-refractivity contribution in [3.8, 4) is 52.4 Å². The standard InChI is InChI=1S/C81H94N10O9/c1-47(92)98-56-37-64(55-35-63(94)74(95)67(36-55)97-30-22-48-11-10-27-84-43-48)100-68(38-56)78-23-8-14-52-12-3-4-17-60(52)88-76(96)72-75(91-44-54-21-29-85-61(54)45-91)89-77-87-46-80(40-50-20-28-86-69(82)34-50)71-58(42-79(80)25-5-6-26-79)57-15-7-13-53(70(57)73(71)83-2)31-51-33-65(59(16-9-24-78)81(72,41-51)90-77)99-66-32-49(39-78)18-19-62(66)93/h7,10-11,13,15,18-21,27,29,32,34-36,43-45,51-52,56,58-60,64-65,68,71-73,75-76,83,85-86,88,93-96H,3-6,12,17,22-26,28,30-31,33,37-42,46,82H2,1-2H3,(H2,87,89,90). The van der Waals surface area contributed by atoms with Gasteiger partial charge < -0.3 is 75.9 Å². The molecule has 6 aromatic rings. The zero-order chi connectivity index (χ0) is 68.1. The van der Waals surface area contributed by atoms with E-state index in [2.05, 4.69) is 121 Å². The molecule has 9 bridgehead atoms. The largest absolute Gasteiger partial charge is 0.504 e. The first kappa shape index (κ1) is 64.8. The number of nitrogens with one attached hydrogen (secondary N) is 6. The number of aromatic hydroxyl groups is 3. The molecular weight excluding hydrogens is 1260 g/mol. The Balaban J connectivity index is 0.860. The highest BCUT2D eigenvalue weighted by molar-refractivity contribution is 5.83. The van der Waals surface area contributed by atoms with Gasteiger partial charge in [-0.1, -0.05) is 73.9 Å². The highest BCUT2D eigenvalue weighted by Crippen LogP contribution is 2.75. The van der Waals surface area contributed by atoms with Crippen molar-refractivity contribution in [2.75, 3.05) is 26.7 Å². The van der Waals surface area contributed by atoms with Gasteiger partial charge in [-0.2, -0.15) is 0 Å². The van der Waals surface area contributed by atoms with E-state index in [1.165, 1.54) is 48.1 Å². The number of fused-ring (bicyclic) bond motifs is 10. The molecule has 12 N–H and O–H groups in total. The van der Waals surface area contributed by atoms with Gasteiger partial charge >= 0.3 is 5.97 Å². The van der Waals surface area contributed by atoms with Crippen LogP contribution in [0.5, 0.6) is 28.7 Å². The van der Waals surface area contributed by atoms with Crippen molar-refractivity contribution >= 4 is 22.8 Å². The van der Waals surface area contributed by atoms with Crippen LogP contribution in [0, 0.1) is 69.5 Å². The zero-order valence-corrected chi connectivity index (χ0v) is 57.3. The van der Waals surface area contributed by atoms with Gasteiger partial charge in [0.05, 0.1) is 47.5 Å². The Morgan fingerprint density at radius 1 is 0.940 bits per heavy atom. The van der Waals surface area contributed by atoms with Gasteiger partial charge in [0, 0.05) is 117 Å². The number of aromatic amines is 1. The molecule has 2 saturated heterocycles. The number of hydrogen-bond donors (Lipinski definition) is 11. The van der Waals surface area contributed by atoms with Gasteiger partial charge in [-0.25, -0.2) is 0 Å². The van der Waals surface area contributed by atoms with Crippen LogP contribution in [0.15, 0.2) is 126 Å². The van der Waals surface area contributed by atoms with Gasteiger partial charge in [0.15, 0.2) is 29.0 Å². The quantitative estimate of drug-likeness (QED) is 0.0327. The van der Waals surface area contributed by atoms with E-state index >= 15 is 0 Å². The number of phenolic OH excluding ortho intramolecular Hbond substituents is 3. The van der Waals surface area contributed by atoms with Crippen LogP contribution in [-0.4, -0.2) is 110 Å². The van der Waals surface area contributed by atoms with Crippen molar-refractivity contribution in [3.05, 3.63) is 155 Å². The molecule has 2 spiro atoms. The number of benzene rings is 3. The van der Waals surface area contributed by atoms with Crippen LogP contribution >= 0.6 is 0 Å². The summed E-state index contributed by atoms with van der Waals surface area (Å²) >= 11 is 0. The predicted molar refractivity (Wildman–Crippen MR) is 379 cm³/mol. The monoisotopic (exact) mass is 1350 g/mol. The first-order valence-electron chi connectivity index (χ1n) is 36.9. The maximum Gasteiger partial charge on any atom is 0.302 e. The lowest BCUT2D eigenvalue weighted by atomic mass is 9.57. The lowest BCUT2D eigenvalue weighted by Gasteiger charge is -2.59. The number of esters is 1. The fourth-order valence-corrected chi connectivity index (χ4v) is 21.5. The minimum Gasteiger partial charge on any atom is -0.504 e. The number of rotatable bonds is 11. The molecule has 3 aromatic heterocycles. The van der Waals surface area contributed by atoms with Crippen LogP contribution in [0.25, 0.3) is 10.9 Å². The number of ether oxygens (including phenoxy) is 4. The van der Waals surface area contributed by atoms with Gasteiger partial charge in [0.1, 0.15) is 24.6 Å². The number of guanidine groups is 1. The summed E-state index contributed by atoms with van der Waals surface area (Å²) in [5, 5.41) is 70.2. The Bertz CT molecular complexity index is 4330. The summed E-state index contributed by atoms with van der Waals surface area (Å²) in [6.07, 6.45) is 24.1. The summed E-state index contributed by atoms with van der Waals surface area (Å²) in [7, 11) is 2.17. The fraction of sp³-hybridized carbons (Fsp3) is 0.519. The van der Waals surface area contributed by atoms with Crippen molar-refractivity contribution in [2.24, 2.45) is 56.6 Å². The number of allylic oxidation sites excluding steroid dienone is 2. The van der Waals surface area contributed by atoms with Crippen LogP contribution in [0.3, 0.4) is 0 Å². The number of aliphatic hydroxyl groups is 1. The van der Waals surface area contributed by atoms with E-state index < -0.39 is 65.6 Å². The number of nitrogens with two attached hydrogens (primary N) is 1. The van der Waals surface area contributed by atoms with Gasteiger partial charge in [-0.15, -0.1) is 11.8 Å². The molecule has 11 aliphatic rings. The summed E-state index contributed by atoms with van der Waals surface area (Å²) in [5.41, 5.74) is 13.2. The van der Waals surface area contributed by atoms with Gasteiger partial charge in [-0.05, 0) is 176 Å². The summed E-state index contributed by atoms with van der Waals surface area (Å²) < 4.78 is 30.0. The van der Waals surface area contributed by atoms with Crippen LogP contribution < -0.4 is 41.8 Å². The summed E-state index contributed by atoms with van der Waals surface area (Å²) in [4.78, 5) is 27.2. The van der Waals surface area contributed by atoms with E-state index in [1.54, 1.807) is 24.5 Å². The fourth-order valence-electron chi connectivity index (χ4n) is 21.5. The van der Waals surface area contributed by atoms with Crippen molar-refractivity contribution in [1.29, 1.82) is 0 Å². The normalized spacial score (nSPS) is 34.4. The second-order valence-corrected chi connectivity index (χ2v) is 31.4. The maximum absolute atomic E-state index is 14.1. The third-order valence-corrected chi connectivity index (χ3v) is 25.8. The molecule has 0 radical (unpaired) electrons. The Labute approximate surface area is 584 Å². The number of H-pyrrole nitrogens is 1. The number of nitrogens with zero attached hydrogens (tertiary/aromatic N) is 3. The molecular formula is C81H94N10O9. The van der Waals surface area contributed by atoms with Gasteiger partial charge in [0.25, 0.3) is 0 Å². The smallest absolute Gasteiger partial charge is 0.302 e. The zero-order valence-electron chi connectivity index (χ0n) is 57.3. The summed E-state index contributed by atoms with van der Waals surface area (Å²) in [6.45, 7) is 2.84. The molecule has 0 amide bonds. The second kappa shape index (κ2) is 25.8. The number of aliphatic hydroxyl groups excluding tert-OH is 1. The van der Waals surface area contributed by atoms with Crippen molar-refractivity contribution in [3.63, 3.8) is 0 Å². The highest BCUT2D eigenvalue weighted by Gasteiger charge is 2.69. The first-order chi connectivity index (χ1) is 48.7. The molecule has 19 heteroatoms. The van der Waals surface area contributed by atoms with Crippen LogP contribution in [0.4, 0.5) is 0 Å². The third-order valence-electron chi connectivity index (χ3n) is 25.8. The molecule has 17 rings (SSSR count). The molecule has 6 fully saturated rings. The van der Waals surface area contributed by atoms with E-state index in [1.807, 2.05) is 30.5 Å². The van der Waals surface area contributed by atoms with Crippen molar-refractivity contribution < 1.29 is 44.2 Å². The lowest BCUT2D eigenvalue weighted by Crippen LogP contribution is -2.76. The van der Waals surface area contributed by atoms with E-state index in [-0.39, 0.29) is 83.1 Å². The molecule has 3 aromatic carbocycles. The Hall–Kier alpha value is -8.59. The van der Waals surface area contributed by atoms with E-state index in [4.69, 9.17) is 29.7 Å². The van der Waals surface area contributed by atoms with E-state index in [9.17, 15) is 25.2 Å². The minimum atomic E-state index is -1.12. The Kier molecular flexibility index (Phi) is 16.7. The molecule has 522 valence electrons. The highest BCUT2D eigenvalue weighted by atomic mass is 16.6. The lowest BCUT2D eigenvalue weighted by molar-refractivity contribution is -0.174. The molecule has 9 heterocycles. The first-order valence-corrected chi connectivity index (χ1v) is 36.9. The van der Waals surface area contributed by atoms with Crippen LogP contribution in [-0.2, 0) is 33.5 Å². The van der Waals surface area contributed by atoms with Crippen LogP contribution in [0.2, 0.25) is 0 Å². The number of hydrogen-bond acceptors (Lipinski definition) is 17. The van der Waals surface area contributed by atoms with Crippen molar-refractivity contribution in [1.82, 2.24) is 41.1 Å². The number of carbonyl (C=O) groups excluding carboxylic acids is 1. The third kappa shape index (κ3) is 11.3. The molecule has 100 heavy (non-hydrogen) atoms. The molecule has 19 nitrogen and oxygen atoms in total. The SMILES string of the molecule is CNC1c2c3cccc2C2CC4(CCCC4)C(CC4=CCNC(N)=C4)(CN=C4NC(n5cc6cc[nH]c6c5)C5C(O)NC6CCCCC6C#CCC6(C7CC(OC(C)=O)CC(c8cc(O)c(O)c(OCCc9cccnc9)c8)O7)CC#CC7C(CC(C3)CC75N4)Oc3cc(ccc3O)C6)C21. The Morgan fingerprint density at radius 2 is 1.81 bits per heavy atom. The number of pyridine rings is 1. The molecule has 5 aliphatic carbocycles. The Morgan fingerprint density at radius 3 is 2.64 bits per heavy atom. The van der Waals surface area contributed by atoms with E-state index in [0.717, 1.165) is 79.8 Å². The molecule has 4 saturated carbocycles. The van der Waals surface area contributed by atoms with Gasteiger partial charge in [0.2, 0.25) is 5.75 Å².